The Morgan fingerprint density at radius 2 is 0.410 bits per heavy atom. The van der Waals surface area contributed by atoms with Gasteiger partial charge in [0.15, 0.2) is 11.5 Å². The van der Waals surface area contributed by atoms with Crippen LogP contribution < -0.4 is 14.2 Å². The van der Waals surface area contributed by atoms with E-state index in [0.717, 1.165) is 42.6 Å². The van der Waals surface area contributed by atoms with E-state index in [1.807, 2.05) is 0 Å². The molecule has 0 saturated heterocycles. The van der Waals surface area contributed by atoms with E-state index in [2.05, 4.69) is 53.7 Å². The second-order valence-electron chi connectivity index (χ2n) is 27.3. The van der Waals surface area contributed by atoms with Gasteiger partial charge in [-0.1, -0.05) is 388 Å². The van der Waals surface area contributed by atoms with E-state index in [4.69, 9.17) is 14.2 Å². The van der Waals surface area contributed by atoms with Gasteiger partial charge in [-0.15, -0.1) is 0 Å². The van der Waals surface area contributed by atoms with Crippen LogP contribution in [0.5, 0.6) is 17.2 Å². The topological polar surface area (TPSA) is 47.9 Å². The summed E-state index contributed by atoms with van der Waals surface area (Å²) in [5, 5.41) is 10.9. The van der Waals surface area contributed by atoms with Crippen LogP contribution in [0.15, 0.2) is 12.1 Å². The molecule has 0 aliphatic rings. The highest BCUT2D eigenvalue weighted by molar-refractivity contribution is 5.54. The molecule has 492 valence electrons. The van der Waals surface area contributed by atoms with Gasteiger partial charge in [-0.05, 0) is 74.0 Å². The summed E-state index contributed by atoms with van der Waals surface area (Å²) in [6.45, 7) is 16.1. The Morgan fingerprint density at radius 1 is 0.241 bits per heavy atom. The van der Waals surface area contributed by atoms with E-state index < -0.39 is 0 Å². The van der Waals surface area contributed by atoms with Crippen LogP contribution >= 0.6 is 0 Å². The second kappa shape index (κ2) is 65.0. The van der Waals surface area contributed by atoms with Gasteiger partial charge >= 0.3 is 0 Å². The molecule has 3 atom stereocenters. The maximum atomic E-state index is 10.9. The quantitative estimate of drug-likeness (QED) is 0.0661. The highest BCUT2D eigenvalue weighted by Crippen LogP contribution is 2.41. The second-order valence-corrected chi connectivity index (χ2v) is 27.3. The fourth-order valence-electron chi connectivity index (χ4n) is 13.1. The van der Waals surface area contributed by atoms with Crippen LogP contribution in [-0.2, 0) is 6.61 Å². The Morgan fingerprint density at radius 3 is 0.590 bits per heavy atom. The molecule has 1 N–H and O–H groups in total. The maximum absolute atomic E-state index is 10.9. The predicted octanol–water partition coefficient (Wildman–Crippen LogP) is 27.7. The molecule has 4 heteroatoms. The number of benzene rings is 1. The van der Waals surface area contributed by atoms with Gasteiger partial charge in [0.25, 0.3) is 0 Å². The Hall–Kier alpha value is -1.42. The van der Waals surface area contributed by atoms with E-state index in [-0.39, 0.29) is 6.61 Å². The van der Waals surface area contributed by atoms with Gasteiger partial charge in [-0.25, -0.2) is 0 Å². The molecule has 4 nitrogen and oxygen atoms in total. The molecule has 1 aromatic carbocycles. The smallest absolute Gasteiger partial charge is 0.203 e. The number of hydrogen-bond acceptors (Lipinski definition) is 4. The summed E-state index contributed by atoms with van der Waals surface area (Å²) in [6, 6.07) is 4.24. The summed E-state index contributed by atoms with van der Waals surface area (Å²) in [4.78, 5) is 0. The van der Waals surface area contributed by atoms with Gasteiger partial charge in [0.05, 0.1) is 26.4 Å². The third-order valence-corrected chi connectivity index (χ3v) is 19.0. The first-order chi connectivity index (χ1) is 41.1. The monoisotopic (exact) mass is 1170 g/mol. The third kappa shape index (κ3) is 52.3. The molecule has 1 aromatic rings. The highest BCUT2D eigenvalue weighted by atomic mass is 16.5. The number of unbranched alkanes of at least 4 members (excludes halogenated alkanes) is 48. The first-order valence-electron chi connectivity index (χ1n) is 38.7. The Kier molecular flexibility index (Phi) is 62.4. The van der Waals surface area contributed by atoms with E-state index in [9.17, 15) is 5.11 Å². The first kappa shape index (κ1) is 79.6. The number of rotatable bonds is 70. The molecule has 0 aliphatic carbocycles. The Labute approximate surface area is 522 Å². The summed E-state index contributed by atoms with van der Waals surface area (Å²) < 4.78 is 21.6. The van der Waals surface area contributed by atoms with E-state index >= 15 is 0 Å². The SMILES string of the molecule is CCCCCCCCCCCCC(CCCCCCCCCC)COc1cc(CO)cc(OCC(CCCCCCCCCC)CCCCCCCCCCCC)c1OCC(CCCCCCCCCC)CCCCCCCCCCCC. The van der Waals surface area contributed by atoms with Crippen molar-refractivity contribution in [2.45, 2.75) is 433 Å². The molecule has 3 unspecified atom stereocenters. The summed E-state index contributed by atoms with van der Waals surface area (Å²) in [6.07, 6.45) is 81.4. The molecule has 0 radical (unpaired) electrons. The number of ether oxygens (including phenoxy) is 3. The number of aliphatic hydroxyl groups excluding tert-OH is 1. The molecule has 1 rings (SSSR count). The van der Waals surface area contributed by atoms with Crippen LogP contribution in [0.2, 0.25) is 0 Å². The molecule has 83 heavy (non-hydrogen) atoms. The van der Waals surface area contributed by atoms with Crippen molar-refractivity contribution in [3.63, 3.8) is 0 Å². The molecule has 0 bridgehead atoms. The number of hydrogen-bond donors (Lipinski definition) is 1. The fourth-order valence-corrected chi connectivity index (χ4v) is 13.1. The average Bonchev–Trinajstić information content (AvgIpc) is 3.70. The van der Waals surface area contributed by atoms with Gasteiger partial charge in [0.1, 0.15) is 0 Å². The van der Waals surface area contributed by atoms with Crippen LogP contribution in [0.4, 0.5) is 0 Å². The van der Waals surface area contributed by atoms with Crippen molar-refractivity contribution in [3.8, 4) is 17.2 Å². The van der Waals surface area contributed by atoms with Gasteiger partial charge in [0.2, 0.25) is 5.75 Å². The van der Waals surface area contributed by atoms with Crippen molar-refractivity contribution in [1.82, 2.24) is 0 Å². The van der Waals surface area contributed by atoms with E-state index in [0.29, 0.717) is 17.8 Å². The largest absolute Gasteiger partial charge is 0.489 e. The molecule has 0 amide bonds. The van der Waals surface area contributed by atoms with Crippen LogP contribution in [0.1, 0.15) is 432 Å². The summed E-state index contributed by atoms with van der Waals surface area (Å²) in [5.41, 5.74) is 0.881. The molecule has 0 aliphatic heterocycles. The van der Waals surface area contributed by atoms with Crippen molar-refractivity contribution in [3.05, 3.63) is 17.7 Å². The van der Waals surface area contributed by atoms with Crippen molar-refractivity contribution in [2.75, 3.05) is 19.8 Å². The molecular formula is C79H152O4. The average molecular weight is 1170 g/mol. The van der Waals surface area contributed by atoms with Crippen LogP contribution in [-0.4, -0.2) is 24.9 Å². The van der Waals surface area contributed by atoms with Gasteiger partial charge in [-0.2, -0.15) is 0 Å². The van der Waals surface area contributed by atoms with Gasteiger partial charge < -0.3 is 19.3 Å². The normalized spacial score (nSPS) is 12.8. The first-order valence-corrected chi connectivity index (χ1v) is 38.7. The third-order valence-electron chi connectivity index (χ3n) is 19.0. The molecule has 0 saturated carbocycles. The summed E-state index contributed by atoms with van der Waals surface area (Å²) >= 11 is 0. The molecule has 0 aromatic heterocycles. The fraction of sp³-hybridized carbons (Fsp3) is 0.924. The Balaban J connectivity index is 3.46. The summed E-state index contributed by atoms with van der Waals surface area (Å²) in [7, 11) is 0. The highest BCUT2D eigenvalue weighted by Gasteiger charge is 2.22. The minimum atomic E-state index is -0.0204. The van der Waals surface area contributed by atoms with E-state index in [1.165, 1.54) is 385 Å². The zero-order valence-electron chi connectivity index (χ0n) is 57.8. The zero-order valence-corrected chi connectivity index (χ0v) is 57.8. The predicted molar refractivity (Wildman–Crippen MR) is 370 cm³/mol. The van der Waals surface area contributed by atoms with Crippen LogP contribution in [0.25, 0.3) is 0 Å². The van der Waals surface area contributed by atoms with Crippen molar-refractivity contribution < 1.29 is 19.3 Å². The van der Waals surface area contributed by atoms with Crippen molar-refractivity contribution in [2.24, 2.45) is 17.8 Å². The zero-order chi connectivity index (χ0) is 59.8. The van der Waals surface area contributed by atoms with Gasteiger partial charge in [-0.3, -0.25) is 0 Å². The van der Waals surface area contributed by atoms with E-state index in [1.54, 1.807) is 0 Å². The lowest BCUT2D eigenvalue weighted by molar-refractivity contribution is 0.173. The molecule has 0 heterocycles. The minimum absolute atomic E-state index is 0.0204. The lowest BCUT2D eigenvalue weighted by Crippen LogP contribution is -2.17. The van der Waals surface area contributed by atoms with Crippen LogP contribution in [0, 0.1) is 17.8 Å². The standard InChI is InChI=1S/C79H152O4/c1-7-13-19-25-31-37-40-46-52-57-63-73(61-55-49-43-34-28-22-16-10-4)70-81-77-67-76(69-80)68-78(82-71-74(62-56-50-44-35-29-23-17-11-5)64-58-53-47-41-38-32-26-20-14-8-2)79(77)83-72-75(65-59-51-45-36-30-24-18-12-6)66-60-54-48-42-39-33-27-21-15-9-3/h67-68,73-75,80H,7-66,69-72H2,1-6H3. The Bertz CT molecular complexity index is 1320. The number of aliphatic hydroxyl groups is 1. The van der Waals surface area contributed by atoms with Crippen molar-refractivity contribution >= 4 is 0 Å². The lowest BCUT2D eigenvalue weighted by Gasteiger charge is -2.25. The summed E-state index contributed by atoms with van der Waals surface area (Å²) in [5.74, 6) is 4.04. The molecular weight excluding hydrogens is 1010 g/mol. The maximum Gasteiger partial charge on any atom is 0.203 e. The van der Waals surface area contributed by atoms with Gasteiger partial charge in [0, 0.05) is 0 Å². The molecule has 0 spiro atoms. The molecule has 0 fully saturated rings. The van der Waals surface area contributed by atoms with Crippen LogP contribution in [0.3, 0.4) is 0 Å². The lowest BCUT2D eigenvalue weighted by atomic mass is 9.94. The van der Waals surface area contributed by atoms with Crippen molar-refractivity contribution in [1.29, 1.82) is 0 Å². The minimum Gasteiger partial charge on any atom is -0.489 e.